The second-order valence-electron chi connectivity index (χ2n) is 4.12. The van der Waals surface area contributed by atoms with Crippen LogP contribution in [0.4, 0.5) is 0 Å². The lowest BCUT2D eigenvalue weighted by Crippen LogP contribution is -2.21. The number of rotatable bonds is 9. The van der Waals surface area contributed by atoms with Crippen molar-refractivity contribution in [1.82, 2.24) is 0 Å². The molecule has 0 atom stereocenters. The monoisotopic (exact) mass is 314 g/mol. The molecule has 0 fully saturated rings. The number of unbranched alkanes of at least 4 members (excludes halogenated alkanes) is 6. The number of allylic oxidation sites excluding steroid dienone is 1. The maximum atomic E-state index is 11.0. The Balaban J connectivity index is 3.37. The van der Waals surface area contributed by atoms with E-state index in [9.17, 15) is 4.79 Å². The lowest BCUT2D eigenvalue weighted by Gasteiger charge is -2.08. The zero-order valence-electron chi connectivity index (χ0n) is 10.8. The van der Waals surface area contributed by atoms with Gasteiger partial charge in [-0.1, -0.05) is 86.0 Å². The third-order valence-corrected chi connectivity index (χ3v) is 2.90. The van der Waals surface area contributed by atoms with Crippen LogP contribution in [0.3, 0.4) is 0 Å². The van der Waals surface area contributed by atoms with Crippen LogP contribution >= 0.6 is 34.8 Å². The molecule has 0 aromatic heterocycles. The summed E-state index contributed by atoms with van der Waals surface area (Å²) in [4.78, 5) is 11.0. The maximum Gasteiger partial charge on any atom is 0.358 e. The van der Waals surface area contributed by atoms with E-state index in [-0.39, 0.29) is 6.61 Å². The maximum absolute atomic E-state index is 11.0. The SMILES string of the molecule is CCCCCCCC/C=C/COC(=O)C(Cl)(Cl)Cl. The Hall–Kier alpha value is 0.0800. The molecule has 0 aliphatic carbocycles. The molecule has 0 amide bonds. The second-order valence-corrected chi connectivity index (χ2v) is 6.41. The largest absolute Gasteiger partial charge is 0.458 e. The quantitative estimate of drug-likeness (QED) is 0.253. The van der Waals surface area contributed by atoms with Crippen LogP contribution in [0.2, 0.25) is 0 Å². The molecule has 0 aromatic carbocycles. The van der Waals surface area contributed by atoms with E-state index in [0.717, 1.165) is 6.42 Å². The molecular weight excluding hydrogens is 294 g/mol. The lowest BCUT2D eigenvalue weighted by molar-refractivity contribution is -0.141. The summed E-state index contributed by atoms with van der Waals surface area (Å²) in [7, 11) is 0. The summed E-state index contributed by atoms with van der Waals surface area (Å²) >= 11 is 16.0. The molecule has 0 aliphatic heterocycles. The number of hydrogen-bond acceptors (Lipinski definition) is 2. The Labute approximate surface area is 125 Å². The molecule has 5 heteroatoms. The summed E-state index contributed by atoms with van der Waals surface area (Å²) in [6, 6.07) is 0. The Morgan fingerprint density at radius 2 is 1.67 bits per heavy atom. The first-order chi connectivity index (χ1) is 8.48. The summed E-state index contributed by atoms with van der Waals surface area (Å²) < 4.78 is 2.77. The number of hydrogen-bond donors (Lipinski definition) is 0. The predicted octanol–water partition coefficient (Wildman–Crippen LogP) is 5.21. The highest BCUT2D eigenvalue weighted by Gasteiger charge is 2.32. The fourth-order valence-corrected chi connectivity index (χ4v) is 1.60. The summed E-state index contributed by atoms with van der Waals surface area (Å²) in [5, 5.41) is 0. The van der Waals surface area contributed by atoms with Gasteiger partial charge in [-0.15, -0.1) is 0 Å². The van der Waals surface area contributed by atoms with Crippen LogP contribution in [0.25, 0.3) is 0 Å². The van der Waals surface area contributed by atoms with Crippen molar-refractivity contribution in [2.75, 3.05) is 6.61 Å². The minimum Gasteiger partial charge on any atom is -0.458 e. The molecule has 106 valence electrons. The van der Waals surface area contributed by atoms with E-state index in [1.165, 1.54) is 38.5 Å². The normalized spacial score (nSPS) is 12.0. The van der Waals surface area contributed by atoms with Crippen molar-refractivity contribution in [2.24, 2.45) is 0 Å². The van der Waals surface area contributed by atoms with Crippen LogP contribution in [0.1, 0.15) is 51.9 Å². The number of esters is 1. The van der Waals surface area contributed by atoms with E-state index in [2.05, 4.69) is 6.92 Å². The number of alkyl halides is 3. The predicted molar refractivity (Wildman–Crippen MR) is 78.4 cm³/mol. The van der Waals surface area contributed by atoms with Crippen molar-refractivity contribution in [2.45, 2.75) is 55.7 Å². The molecule has 0 saturated heterocycles. The van der Waals surface area contributed by atoms with Gasteiger partial charge in [-0.3, -0.25) is 0 Å². The average molecular weight is 316 g/mol. The van der Waals surface area contributed by atoms with Crippen molar-refractivity contribution in [1.29, 1.82) is 0 Å². The van der Waals surface area contributed by atoms with Crippen LogP contribution in [0.5, 0.6) is 0 Å². The van der Waals surface area contributed by atoms with Crippen molar-refractivity contribution in [3.63, 3.8) is 0 Å². The number of carbonyl (C=O) groups is 1. The minimum atomic E-state index is -1.98. The molecule has 0 saturated carbocycles. The van der Waals surface area contributed by atoms with Gasteiger partial charge in [-0.2, -0.15) is 0 Å². The van der Waals surface area contributed by atoms with Crippen molar-refractivity contribution in [3.8, 4) is 0 Å². The topological polar surface area (TPSA) is 26.3 Å². The smallest absolute Gasteiger partial charge is 0.358 e. The standard InChI is InChI=1S/C13H21Cl3O2/c1-2-3-4-5-6-7-8-9-10-11-18-12(17)13(14,15)16/h9-10H,2-8,11H2,1H3/b10-9+. The molecule has 0 N–H and O–H groups in total. The van der Waals surface area contributed by atoms with Gasteiger partial charge in [-0.05, 0) is 12.8 Å². The molecule has 0 heterocycles. The van der Waals surface area contributed by atoms with Crippen LogP contribution in [0, 0.1) is 0 Å². The van der Waals surface area contributed by atoms with Gasteiger partial charge in [0.1, 0.15) is 6.61 Å². The Morgan fingerprint density at radius 1 is 1.06 bits per heavy atom. The van der Waals surface area contributed by atoms with Gasteiger partial charge in [0, 0.05) is 0 Å². The summed E-state index contributed by atoms with van der Waals surface area (Å²) in [6.45, 7) is 2.36. The van der Waals surface area contributed by atoms with E-state index >= 15 is 0 Å². The van der Waals surface area contributed by atoms with Crippen molar-refractivity contribution >= 4 is 40.8 Å². The summed E-state index contributed by atoms with van der Waals surface area (Å²) in [5.74, 6) is -0.836. The Morgan fingerprint density at radius 3 is 2.28 bits per heavy atom. The van der Waals surface area contributed by atoms with Crippen LogP contribution < -0.4 is 0 Å². The van der Waals surface area contributed by atoms with Gasteiger partial charge < -0.3 is 4.74 Å². The van der Waals surface area contributed by atoms with E-state index in [1.807, 2.05) is 6.08 Å². The van der Waals surface area contributed by atoms with Gasteiger partial charge in [0.25, 0.3) is 3.79 Å². The summed E-state index contributed by atoms with van der Waals surface area (Å²) in [6.07, 6.45) is 12.4. The highest BCUT2D eigenvalue weighted by molar-refractivity contribution is 6.75. The molecule has 2 nitrogen and oxygen atoms in total. The Bertz CT molecular complexity index is 247. The van der Waals surface area contributed by atoms with Crippen molar-refractivity contribution < 1.29 is 9.53 Å². The highest BCUT2D eigenvalue weighted by atomic mass is 35.6. The van der Waals surface area contributed by atoms with Gasteiger partial charge in [-0.25, -0.2) is 4.79 Å². The molecule has 0 rings (SSSR count). The van der Waals surface area contributed by atoms with Crippen LogP contribution in [-0.4, -0.2) is 16.4 Å². The van der Waals surface area contributed by atoms with E-state index < -0.39 is 9.76 Å². The first kappa shape index (κ1) is 18.1. The Kier molecular flexibility index (Phi) is 11.0. The van der Waals surface area contributed by atoms with E-state index in [4.69, 9.17) is 39.5 Å². The molecule has 0 unspecified atom stereocenters. The van der Waals surface area contributed by atoms with Gasteiger partial charge in [0.15, 0.2) is 0 Å². The molecule has 0 aliphatic rings. The minimum absolute atomic E-state index is 0.155. The third-order valence-electron chi connectivity index (χ3n) is 2.43. The molecule has 0 aromatic rings. The first-order valence-electron chi connectivity index (χ1n) is 6.37. The van der Waals surface area contributed by atoms with E-state index in [1.54, 1.807) is 6.08 Å². The number of carbonyl (C=O) groups excluding carboxylic acids is 1. The second kappa shape index (κ2) is 11.0. The molecule has 0 bridgehead atoms. The molecular formula is C13H21Cl3O2. The molecule has 0 spiro atoms. The van der Waals surface area contributed by atoms with E-state index in [0.29, 0.717) is 0 Å². The highest BCUT2D eigenvalue weighted by Crippen LogP contribution is 2.27. The molecule has 18 heavy (non-hydrogen) atoms. The fourth-order valence-electron chi connectivity index (χ4n) is 1.43. The van der Waals surface area contributed by atoms with Crippen LogP contribution in [-0.2, 0) is 9.53 Å². The lowest BCUT2D eigenvalue weighted by atomic mass is 10.1. The number of halogens is 3. The van der Waals surface area contributed by atoms with Gasteiger partial charge >= 0.3 is 5.97 Å². The zero-order chi connectivity index (χ0) is 13.9. The molecule has 0 radical (unpaired) electrons. The number of ether oxygens (including phenoxy) is 1. The first-order valence-corrected chi connectivity index (χ1v) is 7.50. The fraction of sp³-hybridized carbons (Fsp3) is 0.769. The third kappa shape index (κ3) is 11.2. The van der Waals surface area contributed by atoms with Gasteiger partial charge in [0.05, 0.1) is 0 Å². The van der Waals surface area contributed by atoms with Crippen LogP contribution in [0.15, 0.2) is 12.2 Å². The van der Waals surface area contributed by atoms with Gasteiger partial charge in [0.2, 0.25) is 0 Å². The zero-order valence-corrected chi connectivity index (χ0v) is 13.0. The summed E-state index contributed by atoms with van der Waals surface area (Å²) in [5.41, 5.74) is 0. The van der Waals surface area contributed by atoms with Crippen molar-refractivity contribution in [3.05, 3.63) is 12.2 Å². The average Bonchev–Trinajstić information content (AvgIpc) is 2.30.